The van der Waals surface area contributed by atoms with E-state index in [-0.39, 0.29) is 12.8 Å². The molecule has 5 nitrogen and oxygen atoms in total. The highest BCUT2D eigenvalue weighted by atomic mass is 16.4. The number of carboxylic acids is 2. The molecule has 0 aliphatic carbocycles. The van der Waals surface area contributed by atoms with Gasteiger partial charge in [-0.05, 0) is 32.1 Å². The first-order chi connectivity index (χ1) is 10.8. The summed E-state index contributed by atoms with van der Waals surface area (Å²) >= 11 is 0. The van der Waals surface area contributed by atoms with Gasteiger partial charge in [-0.1, -0.05) is 52.4 Å². The van der Waals surface area contributed by atoms with Gasteiger partial charge in [0, 0.05) is 18.9 Å². The molecule has 0 rings (SSSR count). The van der Waals surface area contributed by atoms with E-state index in [4.69, 9.17) is 15.9 Å². The van der Waals surface area contributed by atoms with Gasteiger partial charge in [0.2, 0.25) is 0 Å². The van der Waals surface area contributed by atoms with E-state index in [1.807, 2.05) is 0 Å². The summed E-state index contributed by atoms with van der Waals surface area (Å²) in [5, 5.41) is 16.7. The SMILES string of the molecule is CC(C)CCCC(C)N.O=C(O)CCCCCCCCC(=O)O. The Kier molecular flexibility index (Phi) is 18.1. The number of aliphatic carboxylic acids is 2. The Morgan fingerprint density at radius 1 is 0.739 bits per heavy atom. The maximum atomic E-state index is 10.1. The number of carbonyl (C=O) groups is 2. The van der Waals surface area contributed by atoms with Crippen LogP contribution in [0.15, 0.2) is 0 Å². The molecule has 1 atom stereocenters. The zero-order valence-corrected chi connectivity index (χ0v) is 15.2. The topological polar surface area (TPSA) is 101 Å². The Hall–Kier alpha value is -1.10. The molecule has 4 N–H and O–H groups in total. The van der Waals surface area contributed by atoms with Crippen LogP contribution in [0.2, 0.25) is 0 Å². The third kappa shape index (κ3) is 29.5. The second kappa shape index (κ2) is 17.3. The first-order valence-electron chi connectivity index (χ1n) is 8.94. The van der Waals surface area contributed by atoms with Crippen LogP contribution < -0.4 is 5.73 Å². The van der Waals surface area contributed by atoms with E-state index in [9.17, 15) is 9.59 Å². The van der Waals surface area contributed by atoms with Crippen molar-refractivity contribution in [1.29, 1.82) is 0 Å². The van der Waals surface area contributed by atoms with Gasteiger partial charge >= 0.3 is 11.9 Å². The minimum Gasteiger partial charge on any atom is -0.481 e. The Bertz CT molecular complexity index is 263. The fourth-order valence-corrected chi connectivity index (χ4v) is 2.11. The summed E-state index contributed by atoms with van der Waals surface area (Å²) in [5.74, 6) is -0.643. The Labute approximate surface area is 141 Å². The van der Waals surface area contributed by atoms with E-state index in [2.05, 4.69) is 20.8 Å². The molecule has 5 heteroatoms. The zero-order valence-electron chi connectivity index (χ0n) is 15.2. The number of rotatable bonds is 13. The second-order valence-corrected chi connectivity index (χ2v) is 6.71. The Morgan fingerprint density at radius 2 is 1.13 bits per heavy atom. The first-order valence-corrected chi connectivity index (χ1v) is 8.94. The van der Waals surface area contributed by atoms with Crippen LogP contribution in [0.3, 0.4) is 0 Å². The van der Waals surface area contributed by atoms with E-state index >= 15 is 0 Å². The number of nitrogens with two attached hydrogens (primary N) is 1. The van der Waals surface area contributed by atoms with Gasteiger partial charge in [0.25, 0.3) is 0 Å². The van der Waals surface area contributed by atoms with Crippen LogP contribution in [0.25, 0.3) is 0 Å². The summed E-state index contributed by atoms with van der Waals surface area (Å²) in [7, 11) is 0. The van der Waals surface area contributed by atoms with Gasteiger partial charge < -0.3 is 15.9 Å². The van der Waals surface area contributed by atoms with Crippen molar-refractivity contribution in [1.82, 2.24) is 0 Å². The number of hydrogen-bond acceptors (Lipinski definition) is 3. The van der Waals surface area contributed by atoms with Crippen LogP contribution in [0.5, 0.6) is 0 Å². The minimum absolute atomic E-state index is 0.245. The van der Waals surface area contributed by atoms with Crippen molar-refractivity contribution < 1.29 is 19.8 Å². The quantitative estimate of drug-likeness (QED) is 0.433. The van der Waals surface area contributed by atoms with Gasteiger partial charge in [0.15, 0.2) is 0 Å². The molecule has 0 spiro atoms. The molecule has 0 heterocycles. The third-order valence-corrected chi connectivity index (χ3v) is 3.47. The molecule has 0 saturated heterocycles. The molecule has 0 bridgehead atoms. The van der Waals surface area contributed by atoms with E-state index in [0.717, 1.165) is 44.4 Å². The van der Waals surface area contributed by atoms with Crippen LogP contribution in [0.1, 0.15) is 91.4 Å². The molecule has 138 valence electrons. The molecule has 0 amide bonds. The lowest BCUT2D eigenvalue weighted by atomic mass is 10.0. The molecule has 0 aromatic heterocycles. The fourth-order valence-electron chi connectivity index (χ4n) is 2.11. The highest BCUT2D eigenvalue weighted by Crippen LogP contribution is 2.08. The molecular weight excluding hydrogens is 294 g/mol. The monoisotopic (exact) mass is 331 g/mol. The number of unbranched alkanes of at least 4 members (excludes halogenated alkanes) is 5. The van der Waals surface area contributed by atoms with Crippen LogP contribution in [0, 0.1) is 5.92 Å². The number of hydrogen-bond donors (Lipinski definition) is 3. The Morgan fingerprint density at radius 3 is 1.43 bits per heavy atom. The minimum atomic E-state index is -0.740. The summed E-state index contributed by atoms with van der Waals surface area (Å²) < 4.78 is 0. The molecule has 23 heavy (non-hydrogen) atoms. The van der Waals surface area contributed by atoms with Gasteiger partial charge in [-0.3, -0.25) is 9.59 Å². The van der Waals surface area contributed by atoms with Crippen LogP contribution >= 0.6 is 0 Å². The van der Waals surface area contributed by atoms with Gasteiger partial charge in [-0.2, -0.15) is 0 Å². The number of carboxylic acid groups (broad SMARTS) is 2. The van der Waals surface area contributed by atoms with E-state index in [1.54, 1.807) is 0 Å². The Balaban J connectivity index is 0. The van der Waals surface area contributed by atoms with Gasteiger partial charge in [0.05, 0.1) is 0 Å². The van der Waals surface area contributed by atoms with Crippen molar-refractivity contribution in [2.24, 2.45) is 11.7 Å². The first kappa shape index (κ1) is 24.2. The maximum absolute atomic E-state index is 10.1. The van der Waals surface area contributed by atoms with Gasteiger partial charge in [-0.25, -0.2) is 0 Å². The lowest BCUT2D eigenvalue weighted by molar-refractivity contribution is -0.138. The second-order valence-electron chi connectivity index (χ2n) is 6.71. The summed E-state index contributed by atoms with van der Waals surface area (Å²) in [4.78, 5) is 20.3. The highest BCUT2D eigenvalue weighted by molar-refractivity contribution is 5.66. The van der Waals surface area contributed by atoms with Crippen LogP contribution in [-0.4, -0.2) is 28.2 Å². The molecule has 0 aromatic rings. The molecule has 0 aliphatic heterocycles. The van der Waals surface area contributed by atoms with Crippen molar-refractivity contribution in [3.8, 4) is 0 Å². The fraction of sp³-hybridized carbons (Fsp3) is 0.889. The molecule has 0 aliphatic rings. The van der Waals surface area contributed by atoms with Crippen molar-refractivity contribution in [2.45, 2.75) is 97.4 Å². The molecule has 0 radical (unpaired) electrons. The lowest BCUT2D eigenvalue weighted by Crippen LogP contribution is -2.14. The summed E-state index contributed by atoms with van der Waals surface area (Å²) in [6, 6.07) is 0.392. The van der Waals surface area contributed by atoms with E-state index in [0.29, 0.717) is 6.04 Å². The van der Waals surface area contributed by atoms with E-state index in [1.165, 1.54) is 19.3 Å². The van der Waals surface area contributed by atoms with Gasteiger partial charge in [-0.15, -0.1) is 0 Å². The van der Waals surface area contributed by atoms with E-state index < -0.39 is 11.9 Å². The average Bonchev–Trinajstić information content (AvgIpc) is 2.41. The largest absolute Gasteiger partial charge is 0.481 e. The smallest absolute Gasteiger partial charge is 0.303 e. The molecule has 0 aromatic carbocycles. The third-order valence-electron chi connectivity index (χ3n) is 3.47. The van der Waals surface area contributed by atoms with Gasteiger partial charge in [0.1, 0.15) is 0 Å². The van der Waals surface area contributed by atoms with Crippen molar-refractivity contribution in [3.63, 3.8) is 0 Å². The van der Waals surface area contributed by atoms with Crippen LogP contribution in [-0.2, 0) is 9.59 Å². The van der Waals surface area contributed by atoms with Crippen LogP contribution in [0.4, 0.5) is 0 Å². The predicted octanol–water partition coefficient (Wildman–Crippen LogP) is 4.44. The predicted molar refractivity (Wildman–Crippen MR) is 94.5 cm³/mol. The summed E-state index contributed by atoms with van der Waals surface area (Å²) in [5.41, 5.74) is 5.58. The molecule has 1 unspecified atom stereocenters. The normalized spacial score (nSPS) is 11.7. The maximum Gasteiger partial charge on any atom is 0.303 e. The zero-order chi connectivity index (χ0) is 18.1. The molecular formula is C18H37NO4. The summed E-state index contributed by atoms with van der Waals surface area (Å²) in [6.45, 7) is 6.57. The standard InChI is InChI=1S/C10H18O4.C8H19N/c11-9(12)7-5-3-1-2-4-6-8-10(13)14;1-7(2)5-4-6-8(3)9/h1-8H2,(H,11,12)(H,13,14);7-8H,4-6,9H2,1-3H3. The summed E-state index contributed by atoms with van der Waals surface area (Å²) in [6.07, 6.45) is 9.61. The van der Waals surface area contributed by atoms with Crippen molar-refractivity contribution in [2.75, 3.05) is 0 Å². The molecule has 0 fully saturated rings. The van der Waals surface area contributed by atoms with Crippen molar-refractivity contribution >= 4 is 11.9 Å². The lowest BCUT2D eigenvalue weighted by Gasteiger charge is -2.05. The molecule has 0 saturated carbocycles. The highest BCUT2D eigenvalue weighted by Gasteiger charge is 1.98. The van der Waals surface area contributed by atoms with Crippen molar-refractivity contribution in [3.05, 3.63) is 0 Å². The average molecular weight is 331 g/mol.